The summed E-state index contributed by atoms with van der Waals surface area (Å²) in [6.45, 7) is 1.57. The molecular formula is C10H18N2O5S. The molecule has 1 heterocycles. The van der Waals surface area contributed by atoms with Crippen molar-refractivity contribution in [2.45, 2.75) is 25.0 Å². The number of sulfone groups is 1. The Hall–Kier alpha value is -1.31. The molecule has 3 N–H and O–H groups in total. The summed E-state index contributed by atoms with van der Waals surface area (Å²) < 4.78 is 23.0. The van der Waals surface area contributed by atoms with Gasteiger partial charge in [-0.05, 0) is 12.8 Å². The van der Waals surface area contributed by atoms with Crippen LogP contribution in [0, 0.1) is 5.92 Å². The topological polar surface area (TPSA) is 113 Å². The number of nitrogens with one attached hydrogen (secondary N) is 2. The fourth-order valence-electron chi connectivity index (χ4n) is 1.69. The van der Waals surface area contributed by atoms with Gasteiger partial charge >= 0.3 is 12.0 Å². The molecule has 1 fully saturated rings. The van der Waals surface area contributed by atoms with E-state index in [9.17, 15) is 18.0 Å². The first-order valence-electron chi connectivity index (χ1n) is 5.79. The fraction of sp³-hybridized carbons (Fsp3) is 0.800. The van der Waals surface area contributed by atoms with Gasteiger partial charge < -0.3 is 15.7 Å². The second-order valence-corrected chi connectivity index (χ2v) is 6.86. The lowest BCUT2D eigenvalue weighted by atomic mass is 10.2. The highest BCUT2D eigenvalue weighted by Gasteiger charge is 2.31. The molecular weight excluding hydrogens is 260 g/mol. The smallest absolute Gasteiger partial charge is 0.314 e. The molecule has 8 heteroatoms. The van der Waals surface area contributed by atoms with Crippen LogP contribution >= 0.6 is 0 Å². The van der Waals surface area contributed by atoms with E-state index in [0.29, 0.717) is 12.8 Å². The van der Waals surface area contributed by atoms with E-state index in [0.717, 1.165) is 0 Å². The highest BCUT2D eigenvalue weighted by atomic mass is 32.2. The minimum absolute atomic E-state index is 0.0125. The van der Waals surface area contributed by atoms with Gasteiger partial charge in [-0.2, -0.15) is 0 Å². The number of urea groups is 1. The quantitative estimate of drug-likeness (QED) is 0.632. The third-order valence-electron chi connectivity index (χ3n) is 2.94. The molecule has 0 bridgehead atoms. The maximum absolute atomic E-state index is 11.5. The Kier molecular flexibility index (Phi) is 4.94. The van der Waals surface area contributed by atoms with Crippen molar-refractivity contribution < 1.29 is 23.1 Å². The van der Waals surface area contributed by atoms with Crippen LogP contribution in [0.3, 0.4) is 0 Å². The van der Waals surface area contributed by atoms with E-state index < -0.39 is 33.0 Å². The monoisotopic (exact) mass is 278 g/mol. The minimum Gasteiger partial charge on any atom is -0.481 e. The van der Waals surface area contributed by atoms with Crippen LogP contribution in [-0.4, -0.2) is 49.6 Å². The number of carbonyl (C=O) groups is 2. The van der Waals surface area contributed by atoms with Crippen LogP contribution in [-0.2, 0) is 14.6 Å². The highest BCUT2D eigenvalue weighted by molar-refractivity contribution is 7.92. The minimum atomic E-state index is -3.06. The molecule has 1 aliphatic rings. The molecule has 0 radical (unpaired) electrons. The second-order valence-electron chi connectivity index (χ2n) is 4.46. The van der Waals surface area contributed by atoms with E-state index in [2.05, 4.69) is 10.6 Å². The summed E-state index contributed by atoms with van der Waals surface area (Å²) in [7, 11) is -3.06. The Balaban J connectivity index is 2.27. The predicted octanol–water partition coefficient (Wildman–Crippen LogP) is -0.416. The Morgan fingerprint density at radius 1 is 1.39 bits per heavy atom. The third-order valence-corrected chi connectivity index (χ3v) is 5.22. The van der Waals surface area contributed by atoms with Gasteiger partial charge in [-0.15, -0.1) is 0 Å². The van der Waals surface area contributed by atoms with Gasteiger partial charge in [0.1, 0.15) is 0 Å². The van der Waals surface area contributed by atoms with Crippen LogP contribution in [0.2, 0.25) is 0 Å². The zero-order valence-corrected chi connectivity index (χ0v) is 11.0. The van der Waals surface area contributed by atoms with E-state index in [4.69, 9.17) is 5.11 Å². The van der Waals surface area contributed by atoms with Crippen molar-refractivity contribution in [3.05, 3.63) is 0 Å². The van der Waals surface area contributed by atoms with Crippen LogP contribution < -0.4 is 10.6 Å². The number of carboxylic acid groups (broad SMARTS) is 1. The molecule has 104 valence electrons. The first-order chi connectivity index (χ1) is 8.33. The zero-order valence-electron chi connectivity index (χ0n) is 10.2. The van der Waals surface area contributed by atoms with Crippen molar-refractivity contribution in [2.24, 2.45) is 5.92 Å². The molecule has 1 aliphatic heterocycles. The molecule has 18 heavy (non-hydrogen) atoms. The molecule has 1 rings (SSSR count). The maximum Gasteiger partial charge on any atom is 0.314 e. The summed E-state index contributed by atoms with van der Waals surface area (Å²) >= 11 is 0. The first-order valence-corrected chi connectivity index (χ1v) is 7.50. The Morgan fingerprint density at radius 3 is 2.56 bits per heavy atom. The molecule has 0 aromatic rings. The van der Waals surface area contributed by atoms with Crippen LogP contribution in [0.25, 0.3) is 0 Å². The van der Waals surface area contributed by atoms with Gasteiger partial charge in [-0.1, -0.05) is 6.92 Å². The van der Waals surface area contributed by atoms with Crippen molar-refractivity contribution >= 4 is 21.8 Å². The molecule has 0 spiro atoms. The molecule has 0 aromatic carbocycles. The van der Waals surface area contributed by atoms with Crippen LogP contribution in [0.15, 0.2) is 0 Å². The normalized spacial score (nSPS) is 23.3. The van der Waals surface area contributed by atoms with Crippen molar-refractivity contribution in [1.82, 2.24) is 10.6 Å². The van der Waals surface area contributed by atoms with E-state index in [1.54, 1.807) is 0 Å². The fourth-order valence-corrected chi connectivity index (χ4v) is 3.45. The van der Waals surface area contributed by atoms with E-state index >= 15 is 0 Å². The second kappa shape index (κ2) is 6.03. The van der Waals surface area contributed by atoms with Gasteiger partial charge in [0.15, 0.2) is 9.84 Å². The maximum atomic E-state index is 11.5. The van der Waals surface area contributed by atoms with E-state index in [1.165, 1.54) is 6.92 Å². The number of amides is 2. The van der Waals surface area contributed by atoms with Crippen molar-refractivity contribution in [1.29, 1.82) is 0 Å². The molecule has 0 aromatic heterocycles. The lowest BCUT2D eigenvalue weighted by Gasteiger charge is -2.12. The Morgan fingerprint density at radius 2 is 2.06 bits per heavy atom. The van der Waals surface area contributed by atoms with Crippen molar-refractivity contribution in [2.75, 3.05) is 18.8 Å². The number of rotatable bonds is 5. The summed E-state index contributed by atoms with van der Waals surface area (Å²) in [5, 5.41) is 12.9. The summed E-state index contributed by atoms with van der Waals surface area (Å²) in [6.07, 6.45) is 1.19. The average Bonchev–Trinajstić information content (AvgIpc) is 2.62. The lowest BCUT2D eigenvalue weighted by molar-refractivity contribution is -0.140. The Labute approximate surface area is 106 Å². The molecule has 2 unspecified atom stereocenters. The van der Waals surface area contributed by atoms with Crippen molar-refractivity contribution in [3.8, 4) is 0 Å². The predicted molar refractivity (Wildman–Crippen MR) is 65.0 cm³/mol. The summed E-state index contributed by atoms with van der Waals surface area (Å²) in [4.78, 5) is 21.8. The number of carboxylic acids is 1. The SMILES string of the molecule is CC(CNC(=O)NCC1CCCS1(=O)=O)C(=O)O. The highest BCUT2D eigenvalue weighted by Crippen LogP contribution is 2.18. The number of hydrogen-bond donors (Lipinski definition) is 3. The zero-order chi connectivity index (χ0) is 13.8. The molecule has 1 saturated heterocycles. The molecule has 0 aliphatic carbocycles. The molecule has 2 atom stereocenters. The van der Waals surface area contributed by atoms with Gasteiger partial charge in [0, 0.05) is 13.1 Å². The lowest BCUT2D eigenvalue weighted by Crippen LogP contribution is -2.43. The van der Waals surface area contributed by atoms with Gasteiger partial charge in [0.25, 0.3) is 0 Å². The summed E-state index contributed by atoms with van der Waals surface area (Å²) in [5.41, 5.74) is 0. The molecule has 7 nitrogen and oxygen atoms in total. The van der Waals surface area contributed by atoms with Crippen molar-refractivity contribution in [3.63, 3.8) is 0 Å². The summed E-state index contributed by atoms with van der Waals surface area (Å²) in [6, 6.07) is -0.537. The molecule has 2 amide bonds. The molecule has 0 saturated carbocycles. The van der Waals surface area contributed by atoms with Gasteiger partial charge in [0.2, 0.25) is 0 Å². The van der Waals surface area contributed by atoms with E-state index in [1.807, 2.05) is 0 Å². The van der Waals surface area contributed by atoms with Crippen LogP contribution in [0.1, 0.15) is 19.8 Å². The van der Waals surface area contributed by atoms with Gasteiger partial charge in [-0.3, -0.25) is 4.79 Å². The van der Waals surface area contributed by atoms with Gasteiger partial charge in [0.05, 0.1) is 16.9 Å². The standard InChI is InChI=1S/C10H18N2O5S/c1-7(9(13)14)5-11-10(15)12-6-8-3-2-4-18(8,16)17/h7-8H,2-6H2,1H3,(H,13,14)(H2,11,12,15). The van der Waals surface area contributed by atoms with Crippen LogP contribution in [0.4, 0.5) is 4.79 Å². The van der Waals surface area contributed by atoms with Gasteiger partial charge in [-0.25, -0.2) is 13.2 Å². The number of aliphatic carboxylic acids is 1. The summed E-state index contributed by atoms with van der Waals surface area (Å²) in [5.74, 6) is -1.49. The number of hydrogen-bond acceptors (Lipinski definition) is 4. The number of carbonyl (C=O) groups excluding carboxylic acids is 1. The largest absolute Gasteiger partial charge is 0.481 e. The van der Waals surface area contributed by atoms with Crippen LogP contribution in [0.5, 0.6) is 0 Å². The average molecular weight is 278 g/mol. The third kappa shape index (κ3) is 4.17. The van der Waals surface area contributed by atoms with E-state index in [-0.39, 0.29) is 18.8 Å². The Bertz CT molecular complexity index is 420. The first kappa shape index (κ1) is 14.7.